The topological polar surface area (TPSA) is 52.2 Å². The Balaban J connectivity index is 2.35. The molecule has 0 unspecified atom stereocenters. The SMILES string of the molecule is CC[N+](CC)(CC)CCCCCC(=O)NC1CC(C)(C)N([O])C(C)(C)C1. The first kappa shape index (κ1) is 23.4. The molecule has 1 amide bonds. The molecule has 0 aliphatic carbocycles. The van der Waals surface area contributed by atoms with Crippen molar-refractivity contribution in [1.82, 2.24) is 10.4 Å². The Morgan fingerprint density at radius 3 is 1.92 bits per heavy atom. The summed E-state index contributed by atoms with van der Waals surface area (Å²) in [6.07, 6.45) is 5.30. The summed E-state index contributed by atoms with van der Waals surface area (Å²) >= 11 is 0. The number of unbranched alkanes of at least 4 members (excludes halogenated alkanes) is 2. The molecule has 0 atom stereocenters. The number of hydroxylamine groups is 2. The van der Waals surface area contributed by atoms with E-state index < -0.39 is 11.1 Å². The first-order chi connectivity index (χ1) is 12.0. The van der Waals surface area contributed by atoms with Crippen molar-refractivity contribution in [2.24, 2.45) is 0 Å². The largest absolute Gasteiger partial charge is 0.353 e. The normalized spacial score (nSPS) is 20.9. The molecule has 0 spiro atoms. The second-order valence-electron chi connectivity index (χ2n) is 9.42. The molecule has 1 aliphatic rings. The molecule has 0 aromatic carbocycles. The monoisotopic (exact) mass is 369 g/mol. The molecule has 153 valence electrons. The molecular formula is C21H43N3O2+. The molecule has 1 heterocycles. The number of quaternary nitrogens is 1. The Labute approximate surface area is 161 Å². The summed E-state index contributed by atoms with van der Waals surface area (Å²) in [6, 6.07) is 0.0993. The molecule has 5 nitrogen and oxygen atoms in total. The average Bonchev–Trinajstić information content (AvgIpc) is 2.56. The number of nitrogens with one attached hydrogen (secondary N) is 1. The lowest BCUT2D eigenvalue weighted by Crippen LogP contribution is -2.62. The highest BCUT2D eigenvalue weighted by molar-refractivity contribution is 5.76. The van der Waals surface area contributed by atoms with Gasteiger partial charge in [0.1, 0.15) is 0 Å². The first-order valence-electron chi connectivity index (χ1n) is 10.6. The number of carbonyl (C=O) groups excluding carboxylic acids is 1. The van der Waals surface area contributed by atoms with Crippen molar-refractivity contribution in [3.63, 3.8) is 0 Å². The van der Waals surface area contributed by atoms with E-state index in [1.54, 1.807) is 0 Å². The summed E-state index contributed by atoms with van der Waals surface area (Å²) < 4.78 is 1.18. The molecule has 0 saturated carbocycles. The van der Waals surface area contributed by atoms with Gasteiger partial charge in [0.2, 0.25) is 5.91 Å². The fraction of sp³-hybridized carbons (Fsp3) is 0.952. The third-order valence-electron chi connectivity index (χ3n) is 6.51. The number of hydrogen-bond acceptors (Lipinski definition) is 2. The average molecular weight is 370 g/mol. The predicted molar refractivity (Wildman–Crippen MR) is 107 cm³/mol. The quantitative estimate of drug-likeness (QED) is 0.469. The summed E-state index contributed by atoms with van der Waals surface area (Å²) in [5.74, 6) is 0.142. The minimum absolute atomic E-state index is 0.0993. The zero-order valence-corrected chi connectivity index (χ0v) is 18.4. The fourth-order valence-electron chi connectivity index (χ4n) is 4.72. The second kappa shape index (κ2) is 9.52. The predicted octanol–water partition coefficient (Wildman–Crippen LogP) is 3.91. The van der Waals surface area contributed by atoms with E-state index in [1.165, 1.54) is 42.1 Å². The smallest absolute Gasteiger partial charge is 0.220 e. The number of amides is 1. The van der Waals surface area contributed by atoms with Crippen molar-refractivity contribution in [3.8, 4) is 0 Å². The Kier molecular flexibility index (Phi) is 8.56. The molecule has 0 aromatic rings. The van der Waals surface area contributed by atoms with Gasteiger partial charge in [-0.3, -0.25) is 4.79 Å². The van der Waals surface area contributed by atoms with Crippen molar-refractivity contribution in [2.45, 2.75) is 104 Å². The summed E-state index contributed by atoms with van der Waals surface area (Å²) in [5, 5.41) is 16.8. The van der Waals surface area contributed by atoms with E-state index in [-0.39, 0.29) is 11.9 Å². The maximum atomic E-state index is 12.4. The molecule has 1 N–H and O–H groups in total. The van der Waals surface area contributed by atoms with Crippen LogP contribution < -0.4 is 5.32 Å². The third-order valence-corrected chi connectivity index (χ3v) is 6.51. The van der Waals surface area contributed by atoms with Crippen LogP contribution in [-0.2, 0) is 10.0 Å². The van der Waals surface area contributed by atoms with Gasteiger partial charge in [-0.15, -0.1) is 10.3 Å². The Bertz CT molecular complexity index is 418. The van der Waals surface area contributed by atoms with E-state index in [2.05, 4.69) is 26.1 Å². The van der Waals surface area contributed by atoms with Gasteiger partial charge in [0.25, 0.3) is 0 Å². The van der Waals surface area contributed by atoms with Gasteiger partial charge in [-0.1, -0.05) is 0 Å². The molecule has 1 rings (SSSR count). The van der Waals surface area contributed by atoms with Gasteiger partial charge in [0.05, 0.1) is 26.2 Å². The maximum Gasteiger partial charge on any atom is 0.220 e. The van der Waals surface area contributed by atoms with Crippen LogP contribution in [0.4, 0.5) is 0 Å². The summed E-state index contributed by atoms with van der Waals surface area (Å²) in [5.41, 5.74) is -0.858. The third kappa shape index (κ3) is 6.21. The van der Waals surface area contributed by atoms with Crippen LogP contribution in [0.5, 0.6) is 0 Å². The summed E-state index contributed by atoms with van der Waals surface area (Å²) in [7, 11) is 0. The van der Waals surface area contributed by atoms with Crippen LogP contribution in [0.15, 0.2) is 0 Å². The van der Waals surface area contributed by atoms with Crippen molar-refractivity contribution in [1.29, 1.82) is 0 Å². The van der Waals surface area contributed by atoms with Gasteiger partial charge < -0.3 is 9.80 Å². The second-order valence-corrected chi connectivity index (χ2v) is 9.42. The van der Waals surface area contributed by atoms with Crippen LogP contribution in [0.25, 0.3) is 0 Å². The van der Waals surface area contributed by atoms with Crippen LogP contribution in [0, 0.1) is 0 Å². The van der Waals surface area contributed by atoms with E-state index in [0.29, 0.717) is 6.42 Å². The minimum Gasteiger partial charge on any atom is -0.353 e. The highest BCUT2D eigenvalue weighted by Crippen LogP contribution is 2.37. The van der Waals surface area contributed by atoms with E-state index in [1.807, 2.05) is 27.7 Å². The molecule has 1 aliphatic heterocycles. The minimum atomic E-state index is -0.429. The summed E-state index contributed by atoms with van der Waals surface area (Å²) in [6.45, 7) is 19.5. The van der Waals surface area contributed by atoms with Crippen molar-refractivity contribution in [2.75, 3.05) is 26.2 Å². The van der Waals surface area contributed by atoms with Gasteiger partial charge in [-0.2, -0.15) is 0 Å². The number of hydrogen-bond donors (Lipinski definition) is 1. The highest BCUT2D eigenvalue weighted by atomic mass is 16.5. The van der Waals surface area contributed by atoms with Crippen LogP contribution in [-0.4, -0.2) is 58.8 Å². The van der Waals surface area contributed by atoms with Gasteiger partial charge in [-0.05, 0) is 80.6 Å². The standard InChI is InChI=1S/C21H42N3O2/c1-8-24(9-2,10-3)15-13-11-12-14-19(25)22-18-16-20(4,5)23(26)21(6,7)17-18/h18H,8-17H2,1-7H3/p+1. The maximum absolute atomic E-state index is 12.4. The lowest BCUT2D eigenvalue weighted by atomic mass is 9.79. The van der Waals surface area contributed by atoms with Crippen LogP contribution in [0.2, 0.25) is 0 Å². The molecule has 5 heteroatoms. The Morgan fingerprint density at radius 1 is 0.962 bits per heavy atom. The number of piperidine rings is 1. The van der Waals surface area contributed by atoms with Crippen molar-refractivity contribution >= 4 is 5.91 Å². The zero-order valence-electron chi connectivity index (χ0n) is 18.4. The number of nitrogens with zero attached hydrogens (tertiary/aromatic N) is 2. The van der Waals surface area contributed by atoms with Gasteiger partial charge in [0, 0.05) is 23.5 Å². The van der Waals surface area contributed by atoms with Crippen LogP contribution >= 0.6 is 0 Å². The Hall–Kier alpha value is -0.650. The molecular weight excluding hydrogens is 326 g/mol. The van der Waals surface area contributed by atoms with E-state index in [9.17, 15) is 10.0 Å². The van der Waals surface area contributed by atoms with Crippen molar-refractivity contribution in [3.05, 3.63) is 0 Å². The summed E-state index contributed by atoms with van der Waals surface area (Å²) in [4.78, 5) is 12.3. The van der Waals surface area contributed by atoms with E-state index >= 15 is 0 Å². The molecule has 0 bridgehead atoms. The fourth-order valence-corrected chi connectivity index (χ4v) is 4.72. The zero-order chi connectivity index (χ0) is 20.0. The Morgan fingerprint density at radius 2 is 1.46 bits per heavy atom. The van der Waals surface area contributed by atoms with Crippen LogP contribution in [0.1, 0.15) is 87.0 Å². The number of rotatable bonds is 10. The van der Waals surface area contributed by atoms with Gasteiger partial charge in [0.15, 0.2) is 0 Å². The molecule has 1 saturated heterocycles. The van der Waals surface area contributed by atoms with Gasteiger partial charge in [-0.25, -0.2) is 0 Å². The molecule has 26 heavy (non-hydrogen) atoms. The van der Waals surface area contributed by atoms with E-state index in [4.69, 9.17) is 0 Å². The van der Waals surface area contributed by atoms with E-state index in [0.717, 1.165) is 25.7 Å². The van der Waals surface area contributed by atoms with Gasteiger partial charge >= 0.3 is 0 Å². The lowest BCUT2D eigenvalue weighted by Gasteiger charge is -2.50. The molecule has 1 fully saturated rings. The molecule has 0 aromatic heterocycles. The van der Waals surface area contributed by atoms with Crippen LogP contribution in [0.3, 0.4) is 0 Å². The lowest BCUT2D eigenvalue weighted by molar-refractivity contribution is -0.923. The molecule has 1 radical (unpaired) electrons. The highest BCUT2D eigenvalue weighted by Gasteiger charge is 2.46. The van der Waals surface area contributed by atoms with Crippen molar-refractivity contribution < 1.29 is 14.5 Å². The number of carbonyl (C=O) groups is 1. The first-order valence-corrected chi connectivity index (χ1v) is 10.6.